The second kappa shape index (κ2) is 5.39. The van der Waals surface area contributed by atoms with Gasteiger partial charge in [-0.25, -0.2) is 0 Å². The van der Waals surface area contributed by atoms with Gasteiger partial charge in [-0.15, -0.1) is 0 Å². The second-order valence-electron chi connectivity index (χ2n) is 5.60. The number of carbonyl (C=O) groups is 1. The molecule has 1 aliphatic rings. The zero-order valence-corrected chi connectivity index (χ0v) is 12.1. The lowest BCUT2D eigenvalue weighted by atomic mass is 10.1. The predicted octanol–water partition coefficient (Wildman–Crippen LogP) is 3.48. The molecule has 3 heterocycles. The van der Waals surface area contributed by atoms with Crippen LogP contribution in [0.2, 0.25) is 0 Å². The van der Waals surface area contributed by atoms with Crippen LogP contribution in [-0.2, 0) is 0 Å². The van der Waals surface area contributed by atoms with Gasteiger partial charge in [0, 0.05) is 23.4 Å². The van der Waals surface area contributed by atoms with Crippen LogP contribution < -0.4 is 5.32 Å². The average Bonchev–Trinajstić information content (AvgIpc) is 3.23. The van der Waals surface area contributed by atoms with E-state index >= 15 is 0 Å². The van der Waals surface area contributed by atoms with Crippen LogP contribution in [0.25, 0.3) is 11.1 Å². The van der Waals surface area contributed by atoms with Gasteiger partial charge >= 0.3 is 0 Å². The molecule has 0 radical (unpaired) electrons. The molecule has 1 atom stereocenters. The number of nitrogens with one attached hydrogen (secondary N) is 1. The number of hydrogen-bond donors (Lipinski definition) is 1. The molecule has 4 heteroatoms. The lowest BCUT2D eigenvalue weighted by Gasteiger charge is -2.04. The van der Waals surface area contributed by atoms with Crippen molar-refractivity contribution in [1.82, 2.24) is 10.3 Å². The maximum Gasteiger partial charge on any atom is 0.194 e. The molecule has 22 heavy (non-hydrogen) atoms. The van der Waals surface area contributed by atoms with Gasteiger partial charge in [0.2, 0.25) is 0 Å². The number of aromatic nitrogens is 1. The number of ketones is 1. The summed E-state index contributed by atoms with van der Waals surface area (Å²) in [5, 5.41) is 3.41. The highest BCUT2D eigenvalue weighted by Gasteiger charge is 2.21. The number of fused-ring (bicyclic) bond motifs is 1. The molecule has 4 rings (SSSR count). The van der Waals surface area contributed by atoms with Crippen molar-refractivity contribution in [3.8, 4) is 0 Å². The first-order chi connectivity index (χ1) is 10.8. The molecule has 0 bridgehead atoms. The van der Waals surface area contributed by atoms with Crippen LogP contribution in [-0.4, -0.2) is 17.3 Å². The third kappa shape index (κ3) is 2.31. The van der Waals surface area contributed by atoms with E-state index in [1.54, 1.807) is 12.3 Å². The predicted molar refractivity (Wildman–Crippen MR) is 83.9 cm³/mol. The number of rotatable bonds is 3. The molecule has 0 amide bonds. The van der Waals surface area contributed by atoms with Crippen molar-refractivity contribution in [3.05, 3.63) is 65.5 Å². The Kier molecular flexibility index (Phi) is 3.24. The summed E-state index contributed by atoms with van der Waals surface area (Å²) in [5.74, 6) is 0.872. The van der Waals surface area contributed by atoms with Crippen molar-refractivity contribution in [2.24, 2.45) is 0 Å². The van der Waals surface area contributed by atoms with E-state index in [1.807, 2.05) is 36.4 Å². The smallest absolute Gasteiger partial charge is 0.194 e. The van der Waals surface area contributed by atoms with Crippen molar-refractivity contribution < 1.29 is 9.21 Å². The molecule has 1 unspecified atom stereocenters. The number of carbonyl (C=O) groups excluding carboxylic acids is 1. The van der Waals surface area contributed by atoms with Crippen molar-refractivity contribution >= 4 is 16.9 Å². The molecule has 2 aromatic heterocycles. The van der Waals surface area contributed by atoms with Gasteiger partial charge in [0.25, 0.3) is 0 Å². The van der Waals surface area contributed by atoms with Gasteiger partial charge in [-0.1, -0.05) is 30.3 Å². The van der Waals surface area contributed by atoms with Gasteiger partial charge in [0.05, 0.1) is 6.04 Å². The fraction of sp³-hybridized carbons (Fsp3) is 0.222. The first kappa shape index (κ1) is 13.2. The van der Waals surface area contributed by atoms with E-state index in [2.05, 4.69) is 10.3 Å². The fourth-order valence-electron chi connectivity index (χ4n) is 2.92. The monoisotopic (exact) mass is 292 g/mol. The molecule has 0 spiro atoms. The summed E-state index contributed by atoms with van der Waals surface area (Å²) in [7, 11) is 0. The summed E-state index contributed by atoms with van der Waals surface area (Å²) in [5.41, 5.74) is 2.69. The number of benzene rings is 1. The van der Waals surface area contributed by atoms with Crippen LogP contribution in [0.5, 0.6) is 0 Å². The summed E-state index contributed by atoms with van der Waals surface area (Å²) >= 11 is 0. The Labute approximate surface area is 128 Å². The molecule has 0 aliphatic carbocycles. The molecule has 1 aliphatic heterocycles. The minimum absolute atomic E-state index is 0.0352. The molecular weight excluding hydrogens is 276 g/mol. The second-order valence-corrected chi connectivity index (χ2v) is 5.60. The minimum Gasteiger partial charge on any atom is -0.458 e. The van der Waals surface area contributed by atoms with Crippen molar-refractivity contribution in [1.29, 1.82) is 0 Å². The molecule has 1 aromatic carbocycles. The molecular formula is C18H16N2O2. The first-order valence-electron chi connectivity index (χ1n) is 7.54. The quantitative estimate of drug-likeness (QED) is 0.751. The Hall–Kier alpha value is -2.46. The molecule has 1 saturated heterocycles. The zero-order valence-electron chi connectivity index (χ0n) is 12.1. The SMILES string of the molecule is O=C(c1ccccc1)c1cnc2cc(C3CCCN3)oc2c1. The molecule has 1 fully saturated rings. The van der Waals surface area contributed by atoms with Crippen molar-refractivity contribution in [2.75, 3.05) is 6.54 Å². The van der Waals surface area contributed by atoms with E-state index in [0.717, 1.165) is 30.7 Å². The standard InChI is InChI=1S/C18H16N2O2/c21-18(12-5-2-1-3-6-12)13-9-16-15(20-11-13)10-17(22-16)14-7-4-8-19-14/h1-3,5-6,9-11,14,19H,4,7-8H2. The van der Waals surface area contributed by atoms with Gasteiger partial charge in [-0.2, -0.15) is 0 Å². The van der Waals surface area contributed by atoms with E-state index in [1.165, 1.54) is 0 Å². The Morgan fingerprint density at radius 1 is 1.18 bits per heavy atom. The van der Waals surface area contributed by atoms with Crippen LogP contribution in [0.15, 0.2) is 53.1 Å². The van der Waals surface area contributed by atoms with Crippen molar-refractivity contribution in [2.45, 2.75) is 18.9 Å². The van der Waals surface area contributed by atoms with Gasteiger partial charge in [-0.05, 0) is 25.5 Å². The largest absolute Gasteiger partial charge is 0.458 e. The molecule has 4 nitrogen and oxygen atoms in total. The van der Waals surface area contributed by atoms with Crippen LogP contribution in [0.3, 0.4) is 0 Å². The maximum absolute atomic E-state index is 12.5. The third-order valence-electron chi connectivity index (χ3n) is 4.09. The number of hydrogen-bond acceptors (Lipinski definition) is 4. The van der Waals surface area contributed by atoms with Gasteiger partial charge in [-0.3, -0.25) is 9.78 Å². The first-order valence-corrected chi connectivity index (χ1v) is 7.54. The average molecular weight is 292 g/mol. The molecule has 110 valence electrons. The van der Waals surface area contributed by atoms with Crippen molar-refractivity contribution in [3.63, 3.8) is 0 Å². The van der Waals surface area contributed by atoms with E-state index < -0.39 is 0 Å². The Balaban J connectivity index is 1.69. The zero-order chi connectivity index (χ0) is 14.9. The lowest BCUT2D eigenvalue weighted by molar-refractivity contribution is 0.103. The van der Waals surface area contributed by atoms with Crippen LogP contribution >= 0.6 is 0 Å². The van der Waals surface area contributed by atoms with Crippen LogP contribution in [0, 0.1) is 0 Å². The number of nitrogens with zero attached hydrogens (tertiary/aromatic N) is 1. The number of furan rings is 1. The highest BCUT2D eigenvalue weighted by molar-refractivity contribution is 6.09. The summed E-state index contributed by atoms with van der Waals surface area (Å²) in [6.07, 6.45) is 3.86. The van der Waals surface area contributed by atoms with Crippen LogP contribution in [0.1, 0.15) is 40.6 Å². The van der Waals surface area contributed by atoms with E-state index in [0.29, 0.717) is 16.7 Å². The Bertz CT molecular complexity index is 817. The Morgan fingerprint density at radius 2 is 2.05 bits per heavy atom. The molecule has 0 saturated carbocycles. The van der Waals surface area contributed by atoms with Gasteiger partial charge < -0.3 is 9.73 Å². The highest BCUT2D eigenvalue weighted by atomic mass is 16.3. The van der Waals surface area contributed by atoms with Gasteiger partial charge in [0.15, 0.2) is 11.4 Å². The normalized spacial score (nSPS) is 17.9. The lowest BCUT2D eigenvalue weighted by Crippen LogP contribution is -2.11. The Morgan fingerprint density at radius 3 is 2.82 bits per heavy atom. The third-order valence-corrected chi connectivity index (χ3v) is 4.09. The van der Waals surface area contributed by atoms with E-state index in [4.69, 9.17) is 4.42 Å². The summed E-state index contributed by atoms with van der Waals surface area (Å²) in [4.78, 5) is 16.8. The molecule has 1 N–H and O–H groups in total. The van der Waals surface area contributed by atoms with E-state index in [-0.39, 0.29) is 11.8 Å². The summed E-state index contributed by atoms with van der Waals surface area (Å²) < 4.78 is 5.90. The summed E-state index contributed by atoms with van der Waals surface area (Å²) in [6.45, 7) is 1.02. The topological polar surface area (TPSA) is 55.1 Å². The fourth-order valence-corrected chi connectivity index (χ4v) is 2.92. The highest BCUT2D eigenvalue weighted by Crippen LogP contribution is 2.28. The van der Waals surface area contributed by atoms with Crippen LogP contribution in [0.4, 0.5) is 0 Å². The molecule has 3 aromatic rings. The maximum atomic E-state index is 12.5. The van der Waals surface area contributed by atoms with E-state index in [9.17, 15) is 4.79 Å². The number of pyridine rings is 1. The minimum atomic E-state index is -0.0352. The van der Waals surface area contributed by atoms with Gasteiger partial charge in [0.1, 0.15) is 11.3 Å². The summed E-state index contributed by atoms with van der Waals surface area (Å²) in [6, 6.07) is 13.2.